The molecule has 17 heavy (non-hydrogen) atoms. The highest BCUT2D eigenvalue weighted by atomic mass is 16.7. The molecule has 2 aromatic rings. The Balaban J connectivity index is 2.42. The molecule has 92 valence electrons. The van der Waals surface area contributed by atoms with Crippen LogP contribution >= 0.6 is 0 Å². The second-order valence-electron chi connectivity index (χ2n) is 3.64. The molecule has 0 spiro atoms. The minimum absolute atomic E-state index is 0.414. The number of rotatable bonds is 5. The number of imidazole rings is 1. The summed E-state index contributed by atoms with van der Waals surface area (Å²) in [5, 5.41) is 0. The first-order chi connectivity index (χ1) is 8.27. The number of fused-ring (bicyclic) bond motifs is 1. The van der Waals surface area contributed by atoms with E-state index in [-0.39, 0.29) is 0 Å². The smallest absolute Gasteiger partial charge is 0.217 e. The van der Waals surface area contributed by atoms with E-state index in [0.717, 1.165) is 16.9 Å². The fraction of sp³-hybridized carbons (Fsp3) is 0.500. The molecule has 0 N–H and O–H groups in total. The zero-order valence-electron chi connectivity index (χ0n) is 10.4. The highest BCUT2D eigenvalue weighted by Gasteiger charge is 2.18. The molecule has 0 fully saturated rings. The lowest BCUT2D eigenvalue weighted by molar-refractivity contribution is -0.146. The third-order valence-corrected chi connectivity index (χ3v) is 2.56. The lowest BCUT2D eigenvalue weighted by atomic mass is 10.4. The Morgan fingerprint density at radius 1 is 1.29 bits per heavy atom. The Labute approximate surface area is 100 Å². The van der Waals surface area contributed by atoms with E-state index in [9.17, 15) is 0 Å². The molecule has 2 heterocycles. The molecule has 5 heteroatoms. The first-order valence-electron chi connectivity index (χ1n) is 5.77. The van der Waals surface area contributed by atoms with Crippen LogP contribution in [0.2, 0.25) is 0 Å². The Hall–Kier alpha value is -1.46. The van der Waals surface area contributed by atoms with Crippen LogP contribution in [-0.4, -0.2) is 27.7 Å². The van der Waals surface area contributed by atoms with Gasteiger partial charge in [-0.3, -0.25) is 4.98 Å². The maximum Gasteiger partial charge on any atom is 0.217 e. The summed E-state index contributed by atoms with van der Waals surface area (Å²) in [7, 11) is 1.94. The van der Waals surface area contributed by atoms with Gasteiger partial charge in [-0.2, -0.15) is 0 Å². The van der Waals surface area contributed by atoms with E-state index in [2.05, 4.69) is 9.97 Å². The largest absolute Gasteiger partial charge is 0.346 e. The van der Waals surface area contributed by atoms with E-state index in [0.29, 0.717) is 13.2 Å². The summed E-state index contributed by atoms with van der Waals surface area (Å²) >= 11 is 0. The van der Waals surface area contributed by atoms with E-state index < -0.39 is 6.29 Å². The number of aromatic nitrogens is 3. The van der Waals surface area contributed by atoms with Crippen molar-refractivity contribution >= 4 is 11.0 Å². The summed E-state index contributed by atoms with van der Waals surface area (Å²) in [6, 6.07) is 1.88. The van der Waals surface area contributed by atoms with Gasteiger partial charge in [-0.25, -0.2) is 4.98 Å². The second kappa shape index (κ2) is 5.25. The van der Waals surface area contributed by atoms with Gasteiger partial charge in [0, 0.05) is 26.5 Å². The molecule has 0 aromatic carbocycles. The molecular formula is C12H17N3O2. The highest BCUT2D eigenvalue weighted by molar-refractivity contribution is 5.74. The zero-order valence-corrected chi connectivity index (χ0v) is 10.4. The van der Waals surface area contributed by atoms with Crippen LogP contribution in [0.3, 0.4) is 0 Å². The van der Waals surface area contributed by atoms with Gasteiger partial charge < -0.3 is 14.0 Å². The molecule has 0 aliphatic heterocycles. The normalized spacial score (nSPS) is 11.5. The zero-order chi connectivity index (χ0) is 12.3. The lowest BCUT2D eigenvalue weighted by Crippen LogP contribution is -2.13. The summed E-state index contributed by atoms with van der Waals surface area (Å²) in [4.78, 5) is 8.62. The summed E-state index contributed by atoms with van der Waals surface area (Å²) in [5.41, 5.74) is 1.88. The SMILES string of the molecule is CCOC(OCC)c1nc2ccncc2n1C. The van der Waals surface area contributed by atoms with Gasteiger partial charge in [-0.15, -0.1) is 0 Å². The molecule has 0 bridgehead atoms. The van der Waals surface area contributed by atoms with Crippen LogP contribution in [0.15, 0.2) is 18.5 Å². The molecule has 0 saturated heterocycles. The van der Waals surface area contributed by atoms with E-state index in [1.807, 2.05) is 31.5 Å². The average Bonchev–Trinajstić information content (AvgIpc) is 2.67. The summed E-state index contributed by atoms with van der Waals surface area (Å²) in [6.45, 7) is 5.06. The van der Waals surface area contributed by atoms with Crippen LogP contribution in [0.1, 0.15) is 26.0 Å². The van der Waals surface area contributed by atoms with Crippen LogP contribution < -0.4 is 0 Å². The van der Waals surface area contributed by atoms with Crippen LogP contribution in [0.25, 0.3) is 11.0 Å². The van der Waals surface area contributed by atoms with Crippen molar-refractivity contribution in [3.63, 3.8) is 0 Å². The van der Waals surface area contributed by atoms with E-state index in [1.54, 1.807) is 12.4 Å². The summed E-state index contributed by atoms with van der Waals surface area (Å²) < 4.78 is 13.1. The fourth-order valence-corrected chi connectivity index (χ4v) is 1.76. The molecular weight excluding hydrogens is 218 g/mol. The Kier molecular flexibility index (Phi) is 3.71. The van der Waals surface area contributed by atoms with Crippen LogP contribution in [-0.2, 0) is 16.5 Å². The third kappa shape index (κ3) is 2.30. The topological polar surface area (TPSA) is 49.2 Å². The van der Waals surface area contributed by atoms with Crippen LogP contribution in [0, 0.1) is 0 Å². The average molecular weight is 235 g/mol. The van der Waals surface area contributed by atoms with Crippen molar-refractivity contribution in [2.75, 3.05) is 13.2 Å². The molecule has 2 rings (SSSR count). The molecule has 2 aromatic heterocycles. The Morgan fingerprint density at radius 3 is 2.59 bits per heavy atom. The van der Waals surface area contributed by atoms with Crippen molar-refractivity contribution in [2.45, 2.75) is 20.1 Å². The predicted molar refractivity (Wildman–Crippen MR) is 64.5 cm³/mol. The van der Waals surface area contributed by atoms with Crippen LogP contribution in [0.4, 0.5) is 0 Å². The van der Waals surface area contributed by atoms with Gasteiger partial charge >= 0.3 is 0 Å². The maximum absolute atomic E-state index is 5.55. The minimum Gasteiger partial charge on any atom is -0.346 e. The predicted octanol–water partition coefficient (Wildman–Crippen LogP) is 2.04. The number of aryl methyl sites for hydroxylation is 1. The van der Waals surface area contributed by atoms with E-state index in [4.69, 9.17) is 9.47 Å². The molecule has 0 aliphatic carbocycles. The number of pyridine rings is 1. The fourth-order valence-electron chi connectivity index (χ4n) is 1.76. The van der Waals surface area contributed by atoms with Gasteiger partial charge in [0.05, 0.1) is 17.2 Å². The third-order valence-electron chi connectivity index (χ3n) is 2.56. The van der Waals surface area contributed by atoms with Gasteiger partial charge in [-0.1, -0.05) is 0 Å². The van der Waals surface area contributed by atoms with Crippen molar-refractivity contribution in [3.8, 4) is 0 Å². The van der Waals surface area contributed by atoms with E-state index in [1.165, 1.54) is 0 Å². The first kappa shape index (κ1) is 12.0. The van der Waals surface area contributed by atoms with Crippen molar-refractivity contribution in [1.82, 2.24) is 14.5 Å². The second-order valence-corrected chi connectivity index (χ2v) is 3.64. The summed E-state index contributed by atoms with van der Waals surface area (Å²) in [5.74, 6) is 0.775. The molecule has 0 atom stereocenters. The Morgan fingerprint density at radius 2 is 2.00 bits per heavy atom. The van der Waals surface area contributed by atoms with Crippen LogP contribution in [0.5, 0.6) is 0 Å². The molecule has 0 radical (unpaired) electrons. The van der Waals surface area contributed by atoms with Crippen molar-refractivity contribution in [2.24, 2.45) is 7.05 Å². The van der Waals surface area contributed by atoms with E-state index >= 15 is 0 Å². The maximum atomic E-state index is 5.55. The number of hydrogen-bond donors (Lipinski definition) is 0. The molecule has 0 unspecified atom stereocenters. The van der Waals surface area contributed by atoms with Gasteiger partial charge in [-0.05, 0) is 19.9 Å². The van der Waals surface area contributed by atoms with Gasteiger partial charge in [0.25, 0.3) is 0 Å². The number of hydrogen-bond acceptors (Lipinski definition) is 4. The first-order valence-corrected chi connectivity index (χ1v) is 5.77. The molecule has 5 nitrogen and oxygen atoms in total. The van der Waals surface area contributed by atoms with Crippen molar-refractivity contribution in [1.29, 1.82) is 0 Å². The quantitative estimate of drug-likeness (QED) is 0.744. The number of nitrogens with zero attached hydrogens (tertiary/aromatic N) is 3. The Bertz CT molecular complexity index is 489. The number of ether oxygens (including phenoxy) is 2. The van der Waals surface area contributed by atoms with Gasteiger partial charge in [0.15, 0.2) is 5.82 Å². The highest BCUT2D eigenvalue weighted by Crippen LogP contribution is 2.22. The summed E-state index contributed by atoms with van der Waals surface area (Å²) in [6.07, 6.45) is 3.11. The van der Waals surface area contributed by atoms with Crippen molar-refractivity contribution in [3.05, 3.63) is 24.3 Å². The molecule has 0 aliphatic rings. The molecule has 0 saturated carbocycles. The lowest BCUT2D eigenvalue weighted by Gasteiger charge is -2.16. The van der Waals surface area contributed by atoms with Gasteiger partial charge in [0.1, 0.15) is 0 Å². The molecule has 0 amide bonds. The van der Waals surface area contributed by atoms with Gasteiger partial charge in [0.2, 0.25) is 6.29 Å². The standard InChI is InChI=1S/C12H17N3O2/c1-4-16-12(17-5-2)11-14-9-6-7-13-8-10(9)15(11)3/h6-8,12H,4-5H2,1-3H3. The van der Waals surface area contributed by atoms with Crippen molar-refractivity contribution < 1.29 is 9.47 Å². The minimum atomic E-state index is -0.414. The monoisotopic (exact) mass is 235 g/mol.